The monoisotopic (exact) mass is 266 g/mol. The summed E-state index contributed by atoms with van der Waals surface area (Å²) in [4.78, 5) is 10.2. The maximum atomic E-state index is 10.2. The number of hydrogen-bond acceptors (Lipinski definition) is 1. The maximum Gasteiger partial charge on any atom is 0.328 e. The fraction of sp³-hybridized carbons (Fsp3) is 0.0833. The lowest BCUT2D eigenvalue weighted by molar-refractivity contribution is -0.131. The minimum Gasteiger partial charge on any atom is -0.478 e. The second-order valence-electron chi connectivity index (χ2n) is 3.05. The Kier molecular flexibility index (Phi) is 4.31. The zero-order valence-corrected chi connectivity index (χ0v) is 9.86. The van der Waals surface area contributed by atoms with E-state index in [1.165, 1.54) is 6.08 Å². The molecule has 1 rings (SSSR count). The highest BCUT2D eigenvalue weighted by Crippen LogP contribution is 2.17. The van der Waals surface area contributed by atoms with E-state index >= 15 is 0 Å². The first-order chi connectivity index (χ1) is 7.09. The molecule has 0 aliphatic carbocycles. The predicted octanol–water partition coefficient (Wildman–Crippen LogP) is 3.49. The Morgan fingerprint density at radius 2 is 1.93 bits per heavy atom. The van der Waals surface area contributed by atoms with Crippen LogP contribution in [-0.4, -0.2) is 11.1 Å². The minimum atomic E-state index is -0.935. The third kappa shape index (κ3) is 4.13. The lowest BCUT2D eigenvalue weighted by Crippen LogP contribution is -1.85. The number of aliphatic carboxylic acids is 1. The van der Waals surface area contributed by atoms with Crippen molar-refractivity contribution in [3.8, 4) is 0 Å². The van der Waals surface area contributed by atoms with Crippen molar-refractivity contribution in [2.24, 2.45) is 0 Å². The Balaban J connectivity index is 2.80. The molecule has 0 radical (unpaired) electrons. The number of benzene rings is 1. The average Bonchev–Trinajstić information content (AvgIpc) is 2.18. The molecule has 0 aliphatic rings. The number of rotatable bonds is 3. The molecule has 1 aromatic carbocycles. The van der Waals surface area contributed by atoms with Crippen molar-refractivity contribution in [3.05, 3.63) is 52.5 Å². The summed E-state index contributed by atoms with van der Waals surface area (Å²) in [5, 5.41) is 8.41. The molecule has 15 heavy (non-hydrogen) atoms. The molecule has 0 heterocycles. The molecule has 78 valence electrons. The molecule has 0 atom stereocenters. The van der Waals surface area contributed by atoms with Crippen LogP contribution in [0.4, 0.5) is 0 Å². The van der Waals surface area contributed by atoms with E-state index in [4.69, 9.17) is 5.11 Å². The van der Waals surface area contributed by atoms with Crippen LogP contribution in [0.2, 0.25) is 0 Å². The van der Waals surface area contributed by atoms with Gasteiger partial charge in [0.1, 0.15) is 0 Å². The molecule has 0 spiro atoms. The largest absolute Gasteiger partial charge is 0.478 e. The second kappa shape index (κ2) is 5.51. The normalized spacial score (nSPS) is 12.0. The molecule has 1 N–H and O–H groups in total. The number of hydrogen-bond donors (Lipinski definition) is 1. The van der Waals surface area contributed by atoms with Gasteiger partial charge in [0.2, 0.25) is 0 Å². The van der Waals surface area contributed by atoms with Crippen molar-refractivity contribution in [3.63, 3.8) is 0 Å². The van der Waals surface area contributed by atoms with Crippen LogP contribution in [0.15, 0.2) is 47.0 Å². The Hall–Kier alpha value is -1.35. The number of carboxylic acid groups (broad SMARTS) is 1. The number of carboxylic acids is 1. The van der Waals surface area contributed by atoms with Gasteiger partial charge in [-0.2, -0.15) is 0 Å². The molecule has 0 saturated heterocycles. The molecule has 0 aromatic heterocycles. The molecule has 0 saturated carbocycles. The Labute approximate surface area is 97.1 Å². The van der Waals surface area contributed by atoms with Crippen LogP contribution >= 0.6 is 15.9 Å². The predicted molar refractivity (Wildman–Crippen MR) is 64.6 cm³/mol. The second-order valence-corrected chi connectivity index (χ2v) is 3.97. The van der Waals surface area contributed by atoms with Crippen molar-refractivity contribution >= 4 is 27.5 Å². The Morgan fingerprint density at radius 3 is 2.47 bits per heavy atom. The molecule has 0 amide bonds. The van der Waals surface area contributed by atoms with Crippen molar-refractivity contribution in [1.82, 2.24) is 0 Å². The first kappa shape index (κ1) is 11.7. The van der Waals surface area contributed by atoms with Gasteiger partial charge >= 0.3 is 5.97 Å². The summed E-state index contributed by atoms with van der Waals surface area (Å²) in [6, 6.07) is 7.86. The van der Waals surface area contributed by atoms with Gasteiger partial charge in [0.05, 0.1) is 0 Å². The quantitative estimate of drug-likeness (QED) is 0.672. The van der Waals surface area contributed by atoms with Crippen molar-refractivity contribution in [1.29, 1.82) is 0 Å². The molecule has 0 unspecified atom stereocenters. The first-order valence-corrected chi connectivity index (χ1v) is 5.23. The highest BCUT2D eigenvalue weighted by molar-refractivity contribution is 9.10. The van der Waals surface area contributed by atoms with Gasteiger partial charge in [-0.05, 0) is 30.2 Å². The topological polar surface area (TPSA) is 37.3 Å². The third-order valence-corrected chi connectivity index (χ3v) is 2.41. The summed E-state index contributed by atoms with van der Waals surface area (Å²) in [7, 11) is 0. The minimum absolute atomic E-state index is 0.935. The van der Waals surface area contributed by atoms with Gasteiger partial charge in [-0.15, -0.1) is 0 Å². The highest BCUT2D eigenvalue weighted by Gasteiger charge is 1.93. The van der Waals surface area contributed by atoms with Crippen LogP contribution in [0.25, 0.3) is 5.57 Å². The molecule has 3 heteroatoms. The van der Waals surface area contributed by atoms with E-state index in [0.29, 0.717) is 0 Å². The molecule has 1 aromatic rings. The van der Waals surface area contributed by atoms with Gasteiger partial charge in [0, 0.05) is 10.5 Å². The van der Waals surface area contributed by atoms with Gasteiger partial charge in [0.15, 0.2) is 0 Å². The summed E-state index contributed by atoms with van der Waals surface area (Å²) in [5.41, 5.74) is 2.10. The molecule has 0 aliphatic heterocycles. The van der Waals surface area contributed by atoms with Gasteiger partial charge < -0.3 is 5.11 Å². The van der Waals surface area contributed by atoms with Crippen LogP contribution in [0.1, 0.15) is 12.5 Å². The summed E-state index contributed by atoms with van der Waals surface area (Å²) in [6.45, 7) is 1.94. The van der Waals surface area contributed by atoms with Gasteiger partial charge in [-0.1, -0.05) is 40.2 Å². The van der Waals surface area contributed by atoms with Gasteiger partial charge in [-0.25, -0.2) is 4.79 Å². The Morgan fingerprint density at radius 1 is 1.33 bits per heavy atom. The van der Waals surface area contributed by atoms with E-state index in [-0.39, 0.29) is 0 Å². The summed E-state index contributed by atoms with van der Waals surface area (Å²) in [6.07, 6.45) is 4.42. The van der Waals surface area contributed by atoms with Crippen LogP contribution in [0, 0.1) is 0 Å². The number of carbonyl (C=O) groups is 1. The molecular formula is C12H11BrO2. The summed E-state index contributed by atoms with van der Waals surface area (Å²) >= 11 is 3.36. The number of allylic oxidation sites excluding steroid dienone is 3. The SMILES string of the molecule is C/C(=C\C=C\C(=O)O)c1ccc(Br)cc1. The van der Waals surface area contributed by atoms with E-state index in [1.807, 2.05) is 31.2 Å². The van der Waals surface area contributed by atoms with E-state index in [2.05, 4.69) is 15.9 Å². The smallest absolute Gasteiger partial charge is 0.328 e. The summed E-state index contributed by atoms with van der Waals surface area (Å²) < 4.78 is 1.03. The van der Waals surface area contributed by atoms with Crippen LogP contribution < -0.4 is 0 Å². The van der Waals surface area contributed by atoms with E-state index in [0.717, 1.165) is 21.7 Å². The lowest BCUT2D eigenvalue weighted by Gasteiger charge is -1.99. The van der Waals surface area contributed by atoms with Crippen LogP contribution in [-0.2, 0) is 4.79 Å². The van der Waals surface area contributed by atoms with Crippen molar-refractivity contribution < 1.29 is 9.90 Å². The Bertz CT molecular complexity index is 402. The standard InChI is InChI=1S/C12H11BrO2/c1-9(3-2-4-12(14)15)10-5-7-11(13)8-6-10/h2-8H,1H3,(H,14,15)/b4-2+,9-3+. The van der Waals surface area contributed by atoms with E-state index < -0.39 is 5.97 Å². The zero-order chi connectivity index (χ0) is 11.3. The third-order valence-electron chi connectivity index (χ3n) is 1.88. The molecular weight excluding hydrogens is 256 g/mol. The fourth-order valence-electron chi connectivity index (χ4n) is 1.08. The maximum absolute atomic E-state index is 10.2. The summed E-state index contributed by atoms with van der Waals surface area (Å²) in [5.74, 6) is -0.935. The van der Waals surface area contributed by atoms with Crippen molar-refractivity contribution in [2.75, 3.05) is 0 Å². The van der Waals surface area contributed by atoms with Crippen molar-refractivity contribution in [2.45, 2.75) is 6.92 Å². The first-order valence-electron chi connectivity index (χ1n) is 4.43. The van der Waals surface area contributed by atoms with E-state index in [1.54, 1.807) is 6.08 Å². The highest BCUT2D eigenvalue weighted by atomic mass is 79.9. The molecule has 0 fully saturated rings. The van der Waals surface area contributed by atoms with Crippen LogP contribution in [0.5, 0.6) is 0 Å². The molecule has 0 bridgehead atoms. The van der Waals surface area contributed by atoms with Gasteiger partial charge in [0.25, 0.3) is 0 Å². The van der Waals surface area contributed by atoms with Gasteiger partial charge in [-0.3, -0.25) is 0 Å². The number of halogens is 1. The molecule has 2 nitrogen and oxygen atoms in total. The average molecular weight is 267 g/mol. The lowest BCUT2D eigenvalue weighted by atomic mass is 10.1. The van der Waals surface area contributed by atoms with E-state index in [9.17, 15) is 4.79 Å². The van der Waals surface area contributed by atoms with Crippen LogP contribution in [0.3, 0.4) is 0 Å². The fourth-order valence-corrected chi connectivity index (χ4v) is 1.35. The zero-order valence-electron chi connectivity index (χ0n) is 8.27.